The van der Waals surface area contributed by atoms with Crippen molar-refractivity contribution in [1.82, 2.24) is 0 Å². The predicted octanol–water partition coefficient (Wildman–Crippen LogP) is 1.85. The predicted molar refractivity (Wildman–Crippen MR) is 53.3 cm³/mol. The number of hydrogen-bond acceptors (Lipinski definition) is 2. The van der Waals surface area contributed by atoms with Gasteiger partial charge in [-0.2, -0.15) is 0 Å². The molecule has 0 unspecified atom stereocenters. The minimum Gasteiger partial charge on any atom is -0.478 e. The molecular weight excluding hydrogens is 178 g/mol. The van der Waals surface area contributed by atoms with Crippen molar-refractivity contribution in [2.24, 2.45) is 4.99 Å². The summed E-state index contributed by atoms with van der Waals surface area (Å²) in [5.74, 6) is -0.889. The van der Waals surface area contributed by atoms with Crippen LogP contribution < -0.4 is 0 Å². The maximum atomic E-state index is 10.6. The van der Waals surface area contributed by atoms with Crippen molar-refractivity contribution in [3.63, 3.8) is 0 Å². The molecule has 1 aromatic carbocycles. The molecule has 0 aromatic heterocycles. The molecule has 0 atom stereocenters. The highest BCUT2D eigenvalue weighted by Gasteiger charge is 2.16. The summed E-state index contributed by atoms with van der Waals surface area (Å²) >= 11 is 0. The minimum absolute atomic E-state index is 0.351. The second kappa shape index (κ2) is 3.46. The molecule has 0 amide bonds. The van der Waals surface area contributed by atoms with Crippen LogP contribution in [0.5, 0.6) is 0 Å². The van der Waals surface area contributed by atoms with E-state index in [0.717, 1.165) is 11.3 Å². The van der Waals surface area contributed by atoms with Gasteiger partial charge < -0.3 is 5.11 Å². The lowest BCUT2D eigenvalue weighted by Gasteiger charge is -1.99. The first-order valence-corrected chi connectivity index (χ1v) is 4.32. The molecule has 3 heteroatoms. The van der Waals surface area contributed by atoms with Gasteiger partial charge in [-0.3, -0.25) is 4.99 Å². The monoisotopic (exact) mass is 187 g/mol. The third-order valence-electron chi connectivity index (χ3n) is 2.12. The number of hydrogen-bond donors (Lipinski definition) is 1. The number of aliphatic carboxylic acids is 1. The fourth-order valence-corrected chi connectivity index (χ4v) is 1.37. The Morgan fingerprint density at radius 1 is 1.29 bits per heavy atom. The normalized spacial score (nSPS) is 14.9. The molecule has 0 aliphatic carbocycles. The molecule has 70 valence electrons. The molecule has 2 rings (SSSR count). The highest BCUT2D eigenvalue weighted by Crippen LogP contribution is 2.17. The van der Waals surface area contributed by atoms with Gasteiger partial charge in [0.25, 0.3) is 0 Å². The SMILES string of the molecule is O=C(O)C1=CN=C(c2ccccc2)C1. The molecule has 0 fully saturated rings. The topological polar surface area (TPSA) is 49.7 Å². The zero-order chi connectivity index (χ0) is 9.97. The van der Waals surface area contributed by atoms with Crippen LogP contribution in [0.15, 0.2) is 47.1 Å². The zero-order valence-corrected chi connectivity index (χ0v) is 7.47. The summed E-state index contributed by atoms with van der Waals surface area (Å²) in [6.45, 7) is 0. The first-order chi connectivity index (χ1) is 6.77. The quantitative estimate of drug-likeness (QED) is 0.768. The Hall–Kier alpha value is -1.90. The van der Waals surface area contributed by atoms with E-state index < -0.39 is 5.97 Å². The number of nitrogens with zero attached hydrogens (tertiary/aromatic N) is 1. The standard InChI is InChI=1S/C11H9NO2/c13-11(14)9-6-10(12-7-9)8-4-2-1-3-5-8/h1-5,7H,6H2,(H,13,14). The highest BCUT2D eigenvalue weighted by atomic mass is 16.4. The van der Waals surface area contributed by atoms with Crippen molar-refractivity contribution < 1.29 is 9.90 Å². The van der Waals surface area contributed by atoms with Gasteiger partial charge >= 0.3 is 5.97 Å². The van der Waals surface area contributed by atoms with E-state index in [-0.39, 0.29) is 0 Å². The van der Waals surface area contributed by atoms with E-state index in [1.54, 1.807) is 0 Å². The lowest BCUT2D eigenvalue weighted by molar-refractivity contribution is -0.132. The van der Waals surface area contributed by atoms with Crippen LogP contribution in [0.3, 0.4) is 0 Å². The van der Waals surface area contributed by atoms with Gasteiger partial charge in [-0.15, -0.1) is 0 Å². The van der Waals surface area contributed by atoms with Crippen molar-refractivity contribution in [1.29, 1.82) is 0 Å². The van der Waals surface area contributed by atoms with Gasteiger partial charge in [-0.25, -0.2) is 4.79 Å². The lowest BCUT2D eigenvalue weighted by atomic mass is 10.1. The smallest absolute Gasteiger partial charge is 0.333 e. The summed E-state index contributed by atoms with van der Waals surface area (Å²) < 4.78 is 0. The van der Waals surface area contributed by atoms with Crippen LogP contribution in [0, 0.1) is 0 Å². The summed E-state index contributed by atoms with van der Waals surface area (Å²) in [7, 11) is 0. The van der Waals surface area contributed by atoms with Crippen LogP contribution in [-0.4, -0.2) is 16.8 Å². The summed E-state index contributed by atoms with van der Waals surface area (Å²) in [6.07, 6.45) is 1.84. The van der Waals surface area contributed by atoms with Gasteiger partial charge in [0.15, 0.2) is 0 Å². The molecule has 1 aliphatic heterocycles. The first kappa shape index (κ1) is 8.69. The molecule has 1 aromatic rings. The second-order valence-corrected chi connectivity index (χ2v) is 3.08. The number of rotatable bonds is 2. The summed E-state index contributed by atoms with van der Waals surface area (Å²) in [6, 6.07) is 9.60. The molecule has 0 spiro atoms. The molecular formula is C11H9NO2. The molecule has 0 radical (unpaired) electrons. The van der Waals surface area contributed by atoms with Crippen LogP contribution in [0.2, 0.25) is 0 Å². The van der Waals surface area contributed by atoms with Gasteiger partial charge in [0.05, 0.1) is 11.3 Å². The Balaban J connectivity index is 2.17. The van der Waals surface area contributed by atoms with Crippen LogP contribution in [0.25, 0.3) is 0 Å². The van der Waals surface area contributed by atoms with E-state index >= 15 is 0 Å². The van der Waals surface area contributed by atoms with E-state index in [0.29, 0.717) is 12.0 Å². The number of carboxylic acids is 1. The van der Waals surface area contributed by atoms with Gasteiger partial charge in [0.2, 0.25) is 0 Å². The van der Waals surface area contributed by atoms with E-state index in [9.17, 15) is 4.79 Å². The number of carbonyl (C=O) groups is 1. The molecule has 1 heterocycles. The van der Waals surface area contributed by atoms with E-state index in [4.69, 9.17) is 5.11 Å². The van der Waals surface area contributed by atoms with Crippen molar-refractivity contribution in [3.05, 3.63) is 47.7 Å². The van der Waals surface area contributed by atoms with Gasteiger partial charge in [0, 0.05) is 12.6 Å². The van der Waals surface area contributed by atoms with Crippen molar-refractivity contribution in [2.45, 2.75) is 6.42 Å². The van der Waals surface area contributed by atoms with Crippen LogP contribution >= 0.6 is 0 Å². The highest BCUT2D eigenvalue weighted by molar-refractivity contribution is 6.08. The summed E-state index contributed by atoms with van der Waals surface area (Å²) in [4.78, 5) is 14.7. The van der Waals surface area contributed by atoms with Crippen molar-refractivity contribution in [3.8, 4) is 0 Å². The molecule has 0 bridgehead atoms. The van der Waals surface area contributed by atoms with Gasteiger partial charge in [-0.05, 0) is 5.56 Å². The van der Waals surface area contributed by atoms with Crippen molar-refractivity contribution in [2.75, 3.05) is 0 Å². The molecule has 14 heavy (non-hydrogen) atoms. The first-order valence-electron chi connectivity index (χ1n) is 4.32. The summed E-state index contributed by atoms with van der Waals surface area (Å²) in [5, 5.41) is 8.74. The van der Waals surface area contributed by atoms with Gasteiger partial charge in [-0.1, -0.05) is 30.3 Å². The third kappa shape index (κ3) is 1.57. The fraction of sp³-hybridized carbons (Fsp3) is 0.0909. The van der Waals surface area contributed by atoms with Crippen LogP contribution in [0.1, 0.15) is 12.0 Å². The van der Waals surface area contributed by atoms with E-state index in [1.165, 1.54) is 6.20 Å². The average molecular weight is 187 g/mol. The zero-order valence-electron chi connectivity index (χ0n) is 7.47. The second-order valence-electron chi connectivity index (χ2n) is 3.08. The van der Waals surface area contributed by atoms with E-state index in [2.05, 4.69) is 4.99 Å². The van der Waals surface area contributed by atoms with E-state index in [1.807, 2.05) is 30.3 Å². The Bertz CT molecular complexity index is 418. The molecule has 3 nitrogen and oxygen atoms in total. The third-order valence-corrected chi connectivity index (χ3v) is 2.12. The Morgan fingerprint density at radius 2 is 2.00 bits per heavy atom. The molecule has 1 N–H and O–H groups in total. The molecule has 1 aliphatic rings. The Morgan fingerprint density at radius 3 is 2.57 bits per heavy atom. The minimum atomic E-state index is -0.889. The largest absolute Gasteiger partial charge is 0.478 e. The lowest BCUT2D eigenvalue weighted by Crippen LogP contribution is -2.03. The van der Waals surface area contributed by atoms with Crippen LogP contribution in [0.4, 0.5) is 0 Å². The number of aliphatic imine (C=N–C) groups is 1. The van der Waals surface area contributed by atoms with Gasteiger partial charge in [0.1, 0.15) is 0 Å². The number of carboxylic acid groups (broad SMARTS) is 1. The Kier molecular flexibility index (Phi) is 2.14. The molecule has 0 saturated carbocycles. The fourth-order valence-electron chi connectivity index (χ4n) is 1.37. The Labute approximate surface area is 81.4 Å². The maximum Gasteiger partial charge on any atom is 0.333 e. The maximum absolute atomic E-state index is 10.6. The number of benzene rings is 1. The molecule has 0 saturated heterocycles. The average Bonchev–Trinajstić information content (AvgIpc) is 2.68. The van der Waals surface area contributed by atoms with Crippen LogP contribution in [-0.2, 0) is 4.79 Å². The summed E-state index contributed by atoms with van der Waals surface area (Å²) in [5.41, 5.74) is 2.16. The van der Waals surface area contributed by atoms with Crippen molar-refractivity contribution >= 4 is 11.7 Å².